The third-order valence-electron chi connectivity index (χ3n) is 9.28. The van der Waals surface area contributed by atoms with Crippen molar-refractivity contribution in [1.82, 2.24) is 5.32 Å². The molecule has 12 heteroatoms. The van der Waals surface area contributed by atoms with Gasteiger partial charge in [0.05, 0.1) is 13.2 Å². The summed E-state index contributed by atoms with van der Waals surface area (Å²) in [6, 6.07) is -1.58. The number of aliphatic hydroxyl groups excluding tert-OH is 1. The number of unbranched alkanes of at least 4 members (excludes halogenated alkanes) is 17. The predicted octanol–water partition coefficient (Wildman–Crippen LogP) is 11.6. The average molecular weight is 838 g/mol. The van der Waals surface area contributed by atoms with Crippen molar-refractivity contribution in [3.05, 3.63) is 60.8 Å². The largest absolute Gasteiger partial charge is 0.480 e. The Hall–Kier alpha value is -2.82. The molecule has 0 aromatic carbocycles. The summed E-state index contributed by atoms with van der Waals surface area (Å²) in [5, 5.41) is 21.8. The van der Waals surface area contributed by atoms with Gasteiger partial charge in [-0.05, 0) is 77.0 Å². The molecule has 3 atom stereocenters. The molecule has 0 aliphatic heterocycles. The van der Waals surface area contributed by atoms with E-state index in [1.54, 1.807) is 0 Å². The first-order valence-electron chi connectivity index (χ1n) is 22.3. The van der Waals surface area contributed by atoms with E-state index in [2.05, 4.69) is 67.8 Å². The Kier molecular flexibility index (Phi) is 38.9. The molecule has 0 heterocycles. The van der Waals surface area contributed by atoms with Gasteiger partial charge in [-0.25, -0.2) is 9.36 Å². The average Bonchev–Trinajstić information content (AvgIpc) is 3.20. The van der Waals surface area contributed by atoms with Crippen LogP contribution in [0.4, 0.5) is 0 Å². The maximum atomic E-state index is 12.3. The lowest BCUT2D eigenvalue weighted by atomic mass is 10.1. The van der Waals surface area contributed by atoms with Gasteiger partial charge < -0.3 is 25.2 Å². The van der Waals surface area contributed by atoms with E-state index in [-0.39, 0.29) is 12.8 Å². The quantitative estimate of drug-likeness (QED) is 0.0201. The molecule has 0 fully saturated rings. The molecular weight excluding hydrogens is 757 g/mol. The molecule has 0 bridgehead atoms. The van der Waals surface area contributed by atoms with E-state index in [4.69, 9.17) is 13.8 Å². The van der Waals surface area contributed by atoms with Crippen molar-refractivity contribution in [1.29, 1.82) is 0 Å². The van der Waals surface area contributed by atoms with Gasteiger partial charge in [-0.1, -0.05) is 152 Å². The van der Waals surface area contributed by atoms with Crippen LogP contribution in [0.3, 0.4) is 0 Å². The van der Waals surface area contributed by atoms with E-state index < -0.39 is 57.6 Å². The number of phosphoric ester groups is 1. The summed E-state index contributed by atoms with van der Waals surface area (Å²) in [6.45, 7) is 2.51. The number of allylic oxidation sites excluding steroid dienone is 10. The number of hydrogen-bond donors (Lipinski definition) is 4. The van der Waals surface area contributed by atoms with Gasteiger partial charge in [0.1, 0.15) is 12.7 Å². The van der Waals surface area contributed by atoms with Gasteiger partial charge in [-0.15, -0.1) is 0 Å². The predicted molar refractivity (Wildman–Crippen MR) is 235 cm³/mol. The van der Waals surface area contributed by atoms with Crippen molar-refractivity contribution in [3.8, 4) is 0 Å². The number of hydrogen-bond acceptors (Lipinski definition) is 8. The molecule has 0 aliphatic rings. The Morgan fingerprint density at radius 2 is 0.966 bits per heavy atom. The third-order valence-corrected chi connectivity index (χ3v) is 10.2. The van der Waals surface area contributed by atoms with E-state index >= 15 is 0 Å². The molecule has 0 aromatic rings. The maximum absolute atomic E-state index is 12.3. The molecule has 0 saturated heterocycles. The van der Waals surface area contributed by atoms with Crippen molar-refractivity contribution in [2.75, 3.05) is 19.8 Å². The van der Waals surface area contributed by atoms with Gasteiger partial charge >= 0.3 is 19.8 Å². The molecule has 0 aromatic heterocycles. The number of phosphoric acid groups is 1. The summed E-state index contributed by atoms with van der Waals surface area (Å²) in [7, 11) is -4.77. The molecule has 0 saturated carbocycles. The number of esters is 1. The van der Waals surface area contributed by atoms with Crippen LogP contribution in [0.1, 0.15) is 181 Å². The minimum Gasteiger partial charge on any atom is -0.480 e. The minimum absolute atomic E-state index is 0.0671. The number of aliphatic hydroxyl groups is 1. The number of aliphatic carboxylic acids is 1. The Labute approximate surface area is 351 Å². The van der Waals surface area contributed by atoms with E-state index in [0.717, 1.165) is 51.4 Å². The maximum Gasteiger partial charge on any atom is 0.472 e. The molecular formula is C46H80NO10P. The second kappa shape index (κ2) is 40.9. The molecule has 0 spiro atoms. The number of carbonyl (C=O) groups excluding carboxylic acids is 2. The molecule has 11 nitrogen and oxygen atoms in total. The van der Waals surface area contributed by atoms with E-state index in [1.165, 1.54) is 83.5 Å². The second-order valence-electron chi connectivity index (χ2n) is 14.9. The zero-order chi connectivity index (χ0) is 42.8. The Morgan fingerprint density at radius 3 is 1.50 bits per heavy atom. The molecule has 1 amide bonds. The van der Waals surface area contributed by atoms with Crippen LogP contribution in [0.25, 0.3) is 0 Å². The van der Waals surface area contributed by atoms with Crippen LogP contribution in [0.5, 0.6) is 0 Å². The molecule has 58 heavy (non-hydrogen) atoms. The lowest BCUT2D eigenvalue weighted by Gasteiger charge is -2.18. The number of ether oxygens (including phenoxy) is 1. The molecule has 4 N–H and O–H groups in total. The number of carboxylic acid groups (broad SMARTS) is 1. The standard InChI is InChI=1S/C46H80NO10P/c1-3-5-7-9-11-13-15-17-19-21-23-25-27-29-31-33-35-37-44(49)47-43(46(51)52)41-57-58(53,54)56-40-42(48)39-55-45(50)38-36-34-32-30-28-26-24-22-20-18-16-14-12-10-8-6-4-2/h11,13,17-20,23,25,29,31,42-43,48H,3-10,12,14-16,21-22,24,26-28,30,32-41H2,1-2H3,(H,47,49)(H,51,52)(H,53,54)/b13-11-,19-17-,20-18-,25-23-,31-29-. The van der Waals surface area contributed by atoms with Crippen LogP contribution in [0.15, 0.2) is 60.8 Å². The van der Waals surface area contributed by atoms with Crippen LogP contribution >= 0.6 is 7.82 Å². The van der Waals surface area contributed by atoms with Gasteiger partial charge in [0.2, 0.25) is 5.91 Å². The summed E-state index contributed by atoms with van der Waals surface area (Å²) in [5.41, 5.74) is 0. The van der Waals surface area contributed by atoms with E-state index in [0.29, 0.717) is 19.3 Å². The number of rotatable bonds is 41. The highest BCUT2D eigenvalue weighted by atomic mass is 31.2. The van der Waals surface area contributed by atoms with Crippen LogP contribution in [0, 0.1) is 0 Å². The van der Waals surface area contributed by atoms with Crippen molar-refractivity contribution in [2.45, 2.75) is 193 Å². The highest BCUT2D eigenvalue weighted by Gasteiger charge is 2.28. The van der Waals surface area contributed by atoms with Crippen molar-refractivity contribution >= 4 is 25.7 Å². The van der Waals surface area contributed by atoms with Crippen LogP contribution in [-0.4, -0.2) is 64.9 Å². The SMILES string of the molecule is CCCCC/C=C\C/C=C\C/C=C\C/C=C\CCCC(=O)NC(COP(=O)(O)OCC(O)COC(=O)CCCCCCCCC/C=C\CCCCCCCC)C(=O)O. The van der Waals surface area contributed by atoms with Gasteiger partial charge in [0.15, 0.2) is 6.04 Å². The molecule has 3 unspecified atom stereocenters. The normalized spacial score (nSPS) is 14.3. The van der Waals surface area contributed by atoms with Gasteiger partial charge in [0, 0.05) is 12.8 Å². The Balaban J connectivity index is 3.98. The van der Waals surface area contributed by atoms with Gasteiger partial charge in [-0.3, -0.25) is 18.6 Å². The first-order valence-corrected chi connectivity index (χ1v) is 23.8. The number of nitrogens with one attached hydrogen (secondary N) is 1. The molecule has 0 aliphatic carbocycles. The fraction of sp³-hybridized carbons (Fsp3) is 0.717. The lowest BCUT2D eigenvalue weighted by Crippen LogP contribution is -2.43. The summed E-state index contributed by atoms with van der Waals surface area (Å²) >= 11 is 0. The van der Waals surface area contributed by atoms with Gasteiger partial charge in [-0.2, -0.15) is 0 Å². The number of carbonyl (C=O) groups is 3. The minimum atomic E-state index is -4.77. The zero-order valence-electron chi connectivity index (χ0n) is 36.1. The smallest absolute Gasteiger partial charge is 0.472 e. The summed E-state index contributed by atoms with van der Waals surface area (Å²) in [5.74, 6) is -2.46. The highest BCUT2D eigenvalue weighted by Crippen LogP contribution is 2.43. The van der Waals surface area contributed by atoms with Crippen molar-refractivity contribution in [2.24, 2.45) is 0 Å². The highest BCUT2D eigenvalue weighted by molar-refractivity contribution is 7.47. The third kappa shape index (κ3) is 40.0. The summed E-state index contributed by atoms with van der Waals surface area (Å²) < 4.78 is 26.8. The van der Waals surface area contributed by atoms with Crippen LogP contribution in [-0.2, 0) is 32.7 Å². The molecule has 334 valence electrons. The number of carboxylic acids is 1. The van der Waals surface area contributed by atoms with Crippen LogP contribution in [0.2, 0.25) is 0 Å². The topological polar surface area (TPSA) is 169 Å². The summed E-state index contributed by atoms with van der Waals surface area (Å²) in [4.78, 5) is 45.9. The van der Waals surface area contributed by atoms with E-state index in [1.807, 2.05) is 12.2 Å². The zero-order valence-corrected chi connectivity index (χ0v) is 37.0. The monoisotopic (exact) mass is 838 g/mol. The van der Waals surface area contributed by atoms with Gasteiger partial charge in [0.25, 0.3) is 0 Å². The summed E-state index contributed by atoms with van der Waals surface area (Å²) in [6.07, 6.45) is 46.8. The van der Waals surface area contributed by atoms with Crippen molar-refractivity contribution < 1.29 is 47.8 Å². The molecule has 0 radical (unpaired) electrons. The fourth-order valence-electron chi connectivity index (χ4n) is 5.77. The van der Waals surface area contributed by atoms with Crippen molar-refractivity contribution in [3.63, 3.8) is 0 Å². The first kappa shape index (κ1) is 55.2. The Morgan fingerprint density at radius 1 is 0.552 bits per heavy atom. The molecule has 0 rings (SSSR count). The van der Waals surface area contributed by atoms with E-state index in [9.17, 15) is 34.1 Å². The first-order chi connectivity index (χ1) is 28.1. The lowest BCUT2D eigenvalue weighted by molar-refractivity contribution is -0.147. The Bertz CT molecular complexity index is 1210. The second-order valence-corrected chi connectivity index (χ2v) is 16.3. The number of amides is 1. The fourth-order valence-corrected chi connectivity index (χ4v) is 6.54. The van der Waals surface area contributed by atoms with Crippen LogP contribution < -0.4 is 5.32 Å².